The second-order valence-corrected chi connectivity index (χ2v) is 1.55. The molecule has 0 aliphatic heterocycles. The van der Waals surface area contributed by atoms with Crippen LogP contribution in [0.1, 0.15) is 6.42 Å². The quantitative estimate of drug-likeness (QED) is 0.447. The predicted molar refractivity (Wildman–Crippen MR) is 35.0 cm³/mol. The zero-order valence-electron chi connectivity index (χ0n) is 4.93. The van der Waals surface area contributed by atoms with E-state index in [1.54, 1.807) is 6.08 Å². The van der Waals surface area contributed by atoms with Crippen LogP contribution in [0.15, 0.2) is 11.8 Å². The van der Waals surface area contributed by atoms with Crippen molar-refractivity contribution in [2.45, 2.75) is 6.42 Å². The highest BCUT2D eigenvalue weighted by Gasteiger charge is 1.82. The molecule has 0 aromatic carbocycles. The summed E-state index contributed by atoms with van der Waals surface area (Å²) in [7, 11) is 0. The standard InChI is InChI=1S/C5H13N3/c6-3-1-5(8)2-4-7/h1H,2-4,6-8H2. The van der Waals surface area contributed by atoms with Gasteiger partial charge >= 0.3 is 0 Å². The van der Waals surface area contributed by atoms with Crippen molar-refractivity contribution in [1.82, 2.24) is 0 Å². The van der Waals surface area contributed by atoms with Crippen LogP contribution in [0.4, 0.5) is 0 Å². The van der Waals surface area contributed by atoms with Crippen LogP contribution >= 0.6 is 0 Å². The summed E-state index contributed by atoms with van der Waals surface area (Å²) in [6, 6.07) is 0. The molecular weight excluding hydrogens is 102 g/mol. The van der Waals surface area contributed by atoms with E-state index in [0.717, 1.165) is 12.1 Å². The van der Waals surface area contributed by atoms with Gasteiger partial charge in [-0.15, -0.1) is 0 Å². The summed E-state index contributed by atoms with van der Waals surface area (Å²) in [4.78, 5) is 0. The van der Waals surface area contributed by atoms with Crippen molar-refractivity contribution in [3.63, 3.8) is 0 Å². The van der Waals surface area contributed by atoms with Gasteiger partial charge in [0.25, 0.3) is 0 Å². The van der Waals surface area contributed by atoms with Crippen LogP contribution in [-0.2, 0) is 0 Å². The number of nitrogens with two attached hydrogens (primary N) is 3. The van der Waals surface area contributed by atoms with Crippen LogP contribution in [0.25, 0.3) is 0 Å². The second-order valence-electron chi connectivity index (χ2n) is 1.55. The van der Waals surface area contributed by atoms with Gasteiger partial charge in [-0.2, -0.15) is 0 Å². The average Bonchev–Trinajstić information content (AvgIpc) is 1.68. The second kappa shape index (κ2) is 4.61. The molecule has 6 N–H and O–H groups in total. The fourth-order valence-corrected chi connectivity index (χ4v) is 0.420. The molecule has 3 nitrogen and oxygen atoms in total. The van der Waals surface area contributed by atoms with Gasteiger partial charge in [0.05, 0.1) is 0 Å². The summed E-state index contributed by atoms with van der Waals surface area (Å²) in [5.41, 5.74) is 16.5. The summed E-state index contributed by atoms with van der Waals surface area (Å²) in [5.74, 6) is 0. The Morgan fingerprint density at radius 2 is 2.00 bits per heavy atom. The minimum absolute atomic E-state index is 0.506. The summed E-state index contributed by atoms with van der Waals surface area (Å²) in [5, 5.41) is 0. The maximum atomic E-state index is 5.40. The molecule has 0 atom stereocenters. The number of hydrogen-bond acceptors (Lipinski definition) is 3. The summed E-state index contributed by atoms with van der Waals surface area (Å²) >= 11 is 0. The molecule has 0 aromatic rings. The zero-order chi connectivity index (χ0) is 6.41. The molecule has 48 valence electrons. The maximum absolute atomic E-state index is 5.40. The Bertz CT molecular complexity index is 77.7. The first-order valence-electron chi connectivity index (χ1n) is 2.66. The lowest BCUT2D eigenvalue weighted by atomic mass is 10.3. The topological polar surface area (TPSA) is 78.1 Å². The molecule has 0 rings (SSSR count). The highest BCUT2D eigenvalue weighted by Crippen LogP contribution is 1.85. The van der Waals surface area contributed by atoms with Gasteiger partial charge in [-0.1, -0.05) is 6.08 Å². The fourth-order valence-electron chi connectivity index (χ4n) is 0.420. The van der Waals surface area contributed by atoms with E-state index < -0.39 is 0 Å². The Kier molecular flexibility index (Phi) is 4.30. The summed E-state index contributed by atoms with van der Waals surface area (Å²) in [6.45, 7) is 1.11. The fraction of sp³-hybridized carbons (Fsp3) is 0.600. The van der Waals surface area contributed by atoms with E-state index in [2.05, 4.69) is 0 Å². The Morgan fingerprint density at radius 3 is 2.38 bits per heavy atom. The van der Waals surface area contributed by atoms with Crippen molar-refractivity contribution in [2.75, 3.05) is 13.1 Å². The van der Waals surface area contributed by atoms with E-state index in [1.165, 1.54) is 0 Å². The molecule has 0 radical (unpaired) electrons. The minimum Gasteiger partial charge on any atom is -0.402 e. The van der Waals surface area contributed by atoms with Gasteiger partial charge in [-0.25, -0.2) is 0 Å². The van der Waals surface area contributed by atoms with Crippen molar-refractivity contribution < 1.29 is 0 Å². The van der Waals surface area contributed by atoms with Gasteiger partial charge in [0.1, 0.15) is 0 Å². The van der Waals surface area contributed by atoms with Crippen molar-refractivity contribution >= 4 is 0 Å². The lowest BCUT2D eigenvalue weighted by molar-refractivity contribution is 0.927. The number of rotatable bonds is 3. The molecule has 0 aromatic heterocycles. The first-order valence-corrected chi connectivity index (χ1v) is 2.66. The largest absolute Gasteiger partial charge is 0.402 e. The van der Waals surface area contributed by atoms with E-state index in [1.807, 2.05) is 0 Å². The van der Waals surface area contributed by atoms with Gasteiger partial charge in [-0.3, -0.25) is 0 Å². The van der Waals surface area contributed by atoms with Crippen LogP contribution in [0.5, 0.6) is 0 Å². The van der Waals surface area contributed by atoms with Crippen LogP contribution in [0, 0.1) is 0 Å². The van der Waals surface area contributed by atoms with E-state index >= 15 is 0 Å². The van der Waals surface area contributed by atoms with Gasteiger partial charge < -0.3 is 17.2 Å². The van der Waals surface area contributed by atoms with Crippen molar-refractivity contribution in [3.05, 3.63) is 11.8 Å². The first kappa shape index (κ1) is 7.46. The molecule has 8 heavy (non-hydrogen) atoms. The lowest BCUT2D eigenvalue weighted by Crippen LogP contribution is -2.08. The predicted octanol–water partition coefficient (Wildman–Crippen LogP) is -0.863. The van der Waals surface area contributed by atoms with Crippen molar-refractivity contribution in [1.29, 1.82) is 0 Å². The summed E-state index contributed by atoms with van der Waals surface area (Å²) < 4.78 is 0. The lowest BCUT2D eigenvalue weighted by Gasteiger charge is -1.94. The highest BCUT2D eigenvalue weighted by molar-refractivity contribution is 4.96. The number of hydrogen-bond donors (Lipinski definition) is 3. The third-order valence-corrected chi connectivity index (χ3v) is 0.813. The molecule has 0 saturated carbocycles. The summed E-state index contributed by atoms with van der Waals surface area (Å²) in [6.07, 6.45) is 2.52. The van der Waals surface area contributed by atoms with Crippen LogP contribution < -0.4 is 17.2 Å². The molecule has 0 fully saturated rings. The van der Waals surface area contributed by atoms with Gasteiger partial charge in [0.2, 0.25) is 0 Å². The molecule has 3 heteroatoms. The van der Waals surface area contributed by atoms with E-state index in [9.17, 15) is 0 Å². The van der Waals surface area contributed by atoms with Crippen LogP contribution in [-0.4, -0.2) is 13.1 Å². The van der Waals surface area contributed by atoms with Gasteiger partial charge in [-0.05, 0) is 13.0 Å². The van der Waals surface area contributed by atoms with Gasteiger partial charge in [0, 0.05) is 12.2 Å². The molecule has 0 bridgehead atoms. The normalized spacial score (nSPS) is 12.0. The van der Waals surface area contributed by atoms with Crippen molar-refractivity contribution in [2.24, 2.45) is 17.2 Å². The minimum atomic E-state index is 0.506. The SMILES string of the molecule is NCC=C(N)CCN. The molecule has 0 aliphatic carbocycles. The molecule has 0 heterocycles. The Balaban J connectivity index is 3.29. The van der Waals surface area contributed by atoms with E-state index in [4.69, 9.17) is 17.2 Å². The molecule has 0 aliphatic rings. The molecular formula is C5H13N3. The van der Waals surface area contributed by atoms with Crippen LogP contribution in [0.3, 0.4) is 0 Å². The zero-order valence-corrected chi connectivity index (χ0v) is 4.93. The highest BCUT2D eigenvalue weighted by atomic mass is 14.6. The Labute approximate surface area is 49.5 Å². The van der Waals surface area contributed by atoms with Gasteiger partial charge in [0.15, 0.2) is 0 Å². The third kappa shape index (κ3) is 3.64. The molecule has 0 spiro atoms. The van der Waals surface area contributed by atoms with Crippen molar-refractivity contribution in [3.8, 4) is 0 Å². The monoisotopic (exact) mass is 115 g/mol. The maximum Gasteiger partial charge on any atom is 0.0126 e. The third-order valence-electron chi connectivity index (χ3n) is 0.813. The molecule has 0 unspecified atom stereocenters. The Hall–Kier alpha value is -0.540. The molecule has 0 amide bonds. The van der Waals surface area contributed by atoms with E-state index in [0.29, 0.717) is 13.1 Å². The van der Waals surface area contributed by atoms with Crippen LogP contribution in [0.2, 0.25) is 0 Å². The average molecular weight is 115 g/mol. The Morgan fingerprint density at radius 1 is 1.38 bits per heavy atom. The van der Waals surface area contributed by atoms with E-state index in [-0.39, 0.29) is 0 Å². The first-order chi connectivity index (χ1) is 3.81. The molecule has 0 saturated heterocycles. The smallest absolute Gasteiger partial charge is 0.0126 e.